The van der Waals surface area contributed by atoms with Crippen LogP contribution in [0.3, 0.4) is 0 Å². The fourth-order valence-electron chi connectivity index (χ4n) is 1.34. The number of quaternary nitrogens is 1. The Labute approximate surface area is 112 Å². The van der Waals surface area contributed by atoms with Gasteiger partial charge in [0.2, 0.25) is 0 Å². The number of rotatable bonds is 4. The van der Waals surface area contributed by atoms with E-state index in [9.17, 15) is 0 Å². The molecule has 1 radical (unpaired) electrons. The summed E-state index contributed by atoms with van der Waals surface area (Å²) in [7, 11) is 0. The first-order valence-electron chi connectivity index (χ1n) is 4.09. The van der Waals surface area contributed by atoms with Gasteiger partial charge in [-0.3, -0.25) is 0 Å². The molecule has 5 heteroatoms. The topological polar surface area (TPSA) is 0 Å². The summed E-state index contributed by atoms with van der Waals surface area (Å²) < 4.78 is 1.28. The van der Waals surface area contributed by atoms with E-state index in [4.69, 9.17) is 0 Å². The standard InChI is InChI=1S/C8H20N.3ClH.Cu/c1-5-9(6-2,7-3)8-4;;;;/h5-8H2,1-4H3;3*1H;/q+1;;;;+2/p-3. The second-order valence-corrected chi connectivity index (χ2v) is 2.61. The molecule has 0 fully saturated rings. The van der Waals surface area contributed by atoms with Crippen molar-refractivity contribution in [2.24, 2.45) is 0 Å². The maximum Gasteiger partial charge on any atom is 2.00 e. The maximum atomic E-state index is 2.27. The summed E-state index contributed by atoms with van der Waals surface area (Å²) in [6, 6.07) is 0. The number of hydrogen-bond donors (Lipinski definition) is 0. The Kier molecular flexibility index (Phi) is 35.6. The summed E-state index contributed by atoms with van der Waals surface area (Å²) >= 11 is 0. The summed E-state index contributed by atoms with van der Waals surface area (Å²) in [4.78, 5) is 0. The molecule has 89 valence electrons. The molecule has 0 heterocycles. The van der Waals surface area contributed by atoms with E-state index in [1.807, 2.05) is 0 Å². The van der Waals surface area contributed by atoms with Crippen LogP contribution in [0.2, 0.25) is 0 Å². The molecule has 0 aliphatic heterocycles. The molecule has 0 amide bonds. The van der Waals surface area contributed by atoms with Gasteiger partial charge in [0.25, 0.3) is 0 Å². The maximum absolute atomic E-state index is 2.27. The molecule has 0 spiro atoms. The van der Waals surface area contributed by atoms with Crippen molar-refractivity contribution < 1.29 is 58.8 Å². The minimum Gasteiger partial charge on any atom is -1.00 e. The predicted molar refractivity (Wildman–Crippen MR) is 42.4 cm³/mol. The van der Waals surface area contributed by atoms with E-state index in [1.165, 1.54) is 30.7 Å². The van der Waals surface area contributed by atoms with Crippen LogP contribution in [0.1, 0.15) is 27.7 Å². The van der Waals surface area contributed by atoms with Gasteiger partial charge in [-0.15, -0.1) is 0 Å². The van der Waals surface area contributed by atoms with Crippen LogP contribution >= 0.6 is 0 Å². The Bertz CT molecular complexity index is 62.3. The summed E-state index contributed by atoms with van der Waals surface area (Å²) in [6.07, 6.45) is 0. The van der Waals surface area contributed by atoms with Crippen molar-refractivity contribution in [3.63, 3.8) is 0 Å². The van der Waals surface area contributed by atoms with Gasteiger partial charge in [-0.25, -0.2) is 0 Å². The van der Waals surface area contributed by atoms with Gasteiger partial charge < -0.3 is 41.7 Å². The first-order chi connectivity index (χ1) is 4.24. The minimum absolute atomic E-state index is 0. The fourth-order valence-corrected chi connectivity index (χ4v) is 1.34. The molecule has 0 rings (SSSR count). The smallest absolute Gasteiger partial charge is 1.00 e. The molecule has 0 unspecified atom stereocenters. The molecule has 0 N–H and O–H groups in total. The zero-order valence-corrected chi connectivity index (χ0v) is 11.9. The Hall–Kier alpha value is 1.35. The number of hydrogen-bond acceptors (Lipinski definition) is 0. The van der Waals surface area contributed by atoms with Gasteiger partial charge in [-0.1, -0.05) is 0 Å². The van der Waals surface area contributed by atoms with Crippen LogP contribution in [0.25, 0.3) is 0 Å². The van der Waals surface area contributed by atoms with Crippen LogP contribution in [-0.4, -0.2) is 30.7 Å². The molecule has 0 saturated carbocycles. The van der Waals surface area contributed by atoms with E-state index in [-0.39, 0.29) is 54.3 Å². The van der Waals surface area contributed by atoms with Gasteiger partial charge in [0.15, 0.2) is 0 Å². The third-order valence-corrected chi connectivity index (χ3v) is 2.68. The van der Waals surface area contributed by atoms with Gasteiger partial charge in [0.05, 0.1) is 26.2 Å². The third-order valence-electron chi connectivity index (χ3n) is 2.68. The molecule has 0 aromatic rings. The molecule has 0 aliphatic carbocycles. The zero-order valence-electron chi connectivity index (χ0n) is 8.71. The number of nitrogens with zero attached hydrogens (tertiary/aromatic N) is 1. The fraction of sp³-hybridized carbons (Fsp3) is 1.00. The predicted octanol–water partition coefficient (Wildman–Crippen LogP) is -7.11. The van der Waals surface area contributed by atoms with E-state index in [2.05, 4.69) is 27.7 Å². The van der Waals surface area contributed by atoms with Crippen molar-refractivity contribution in [2.45, 2.75) is 27.7 Å². The molecule has 0 aliphatic rings. The first kappa shape index (κ1) is 29.3. The van der Waals surface area contributed by atoms with E-state index < -0.39 is 0 Å². The van der Waals surface area contributed by atoms with Crippen molar-refractivity contribution in [2.75, 3.05) is 26.2 Å². The van der Waals surface area contributed by atoms with Gasteiger partial charge in [0.1, 0.15) is 0 Å². The van der Waals surface area contributed by atoms with Gasteiger partial charge in [-0.2, -0.15) is 0 Å². The zero-order chi connectivity index (χ0) is 7.33. The monoisotopic (exact) mass is 298 g/mol. The quantitative estimate of drug-likeness (QED) is 0.358. The van der Waals surface area contributed by atoms with Crippen LogP contribution in [0.15, 0.2) is 0 Å². The Morgan fingerprint density at radius 2 is 0.769 bits per heavy atom. The normalized spacial score (nSPS) is 8.31. The molecular weight excluding hydrogens is 280 g/mol. The Balaban J connectivity index is -0.0000000533. The van der Waals surface area contributed by atoms with Crippen LogP contribution in [0, 0.1) is 0 Å². The molecule has 13 heavy (non-hydrogen) atoms. The Morgan fingerprint density at radius 1 is 0.615 bits per heavy atom. The SMILES string of the molecule is CC[N+](CC)(CC)CC.[Cl-].[Cl-].[Cl-].[Cu+2]. The Morgan fingerprint density at radius 3 is 0.769 bits per heavy atom. The molecule has 0 aromatic heterocycles. The molecule has 0 bridgehead atoms. The first-order valence-corrected chi connectivity index (χ1v) is 4.09. The van der Waals surface area contributed by atoms with E-state index in [0.717, 1.165) is 0 Å². The van der Waals surface area contributed by atoms with Crippen LogP contribution in [0.5, 0.6) is 0 Å². The molecule has 0 atom stereocenters. The van der Waals surface area contributed by atoms with Gasteiger partial charge in [-0.05, 0) is 27.7 Å². The average molecular weight is 300 g/mol. The van der Waals surface area contributed by atoms with Crippen molar-refractivity contribution in [3.8, 4) is 0 Å². The van der Waals surface area contributed by atoms with Gasteiger partial charge >= 0.3 is 17.1 Å². The van der Waals surface area contributed by atoms with Crippen LogP contribution < -0.4 is 37.2 Å². The molecule has 1 nitrogen and oxygen atoms in total. The van der Waals surface area contributed by atoms with Crippen molar-refractivity contribution >= 4 is 0 Å². The molecule has 0 saturated heterocycles. The second-order valence-electron chi connectivity index (χ2n) is 2.61. The minimum atomic E-state index is 0. The van der Waals surface area contributed by atoms with E-state index >= 15 is 0 Å². The second kappa shape index (κ2) is 15.8. The third kappa shape index (κ3) is 9.65. The van der Waals surface area contributed by atoms with Crippen molar-refractivity contribution in [1.82, 2.24) is 0 Å². The van der Waals surface area contributed by atoms with Crippen molar-refractivity contribution in [3.05, 3.63) is 0 Å². The van der Waals surface area contributed by atoms with Gasteiger partial charge in [0, 0.05) is 0 Å². The summed E-state index contributed by atoms with van der Waals surface area (Å²) in [6.45, 7) is 14.2. The molecular formula is C8H20Cl3CuN. The summed E-state index contributed by atoms with van der Waals surface area (Å²) in [5, 5.41) is 0. The van der Waals surface area contributed by atoms with Crippen molar-refractivity contribution in [1.29, 1.82) is 0 Å². The largest absolute Gasteiger partial charge is 2.00 e. The van der Waals surface area contributed by atoms with Crippen LogP contribution in [0.4, 0.5) is 0 Å². The van der Waals surface area contributed by atoms with Crippen LogP contribution in [-0.2, 0) is 17.1 Å². The number of halogens is 3. The average Bonchev–Trinajstić information content (AvgIpc) is 1.95. The molecule has 0 aromatic carbocycles. The van der Waals surface area contributed by atoms with E-state index in [0.29, 0.717) is 0 Å². The van der Waals surface area contributed by atoms with E-state index in [1.54, 1.807) is 0 Å². The summed E-state index contributed by atoms with van der Waals surface area (Å²) in [5.74, 6) is 0. The summed E-state index contributed by atoms with van der Waals surface area (Å²) in [5.41, 5.74) is 0.